The molecule has 2 aliphatic rings. The van der Waals surface area contributed by atoms with E-state index < -0.39 is 17.4 Å². The molecule has 2 aliphatic heterocycles. The Hall–Kier alpha value is -2.12. The molecule has 1 saturated heterocycles. The van der Waals surface area contributed by atoms with Gasteiger partial charge in [-0.15, -0.1) is 0 Å². The molecule has 1 aromatic carbocycles. The highest BCUT2D eigenvalue weighted by atomic mass is 35.5. The Morgan fingerprint density at radius 1 is 1.27 bits per heavy atom. The summed E-state index contributed by atoms with van der Waals surface area (Å²) < 4.78 is 16.2. The van der Waals surface area contributed by atoms with Gasteiger partial charge in [0.25, 0.3) is 5.56 Å². The average molecular weight is 379 g/mol. The van der Waals surface area contributed by atoms with E-state index >= 15 is 0 Å². The van der Waals surface area contributed by atoms with Crippen LogP contribution in [0.25, 0.3) is 10.9 Å². The first kappa shape index (κ1) is 17.3. The van der Waals surface area contributed by atoms with E-state index in [0.717, 1.165) is 0 Å². The maximum absolute atomic E-state index is 15.0. The van der Waals surface area contributed by atoms with E-state index in [2.05, 4.69) is 17.1 Å². The number of pyridine rings is 1. The van der Waals surface area contributed by atoms with Crippen LogP contribution in [0.5, 0.6) is 0 Å². The first-order valence-electron chi connectivity index (χ1n) is 8.51. The number of benzene rings is 1. The summed E-state index contributed by atoms with van der Waals surface area (Å²) in [5.74, 6) is -0.725. The van der Waals surface area contributed by atoms with Gasteiger partial charge in [0.2, 0.25) is 5.91 Å². The molecule has 2 aromatic rings. The van der Waals surface area contributed by atoms with Crippen LogP contribution < -0.4 is 15.8 Å². The summed E-state index contributed by atoms with van der Waals surface area (Å²) in [7, 11) is 3.47. The second kappa shape index (κ2) is 5.69. The predicted octanol–water partition coefficient (Wildman–Crippen LogP) is 2.10. The molecule has 6 nitrogen and oxygen atoms in total. The molecule has 1 fully saturated rings. The molecular formula is C18H20ClFN4O2. The van der Waals surface area contributed by atoms with Gasteiger partial charge in [-0.3, -0.25) is 14.5 Å². The largest absolute Gasteiger partial charge is 0.354 e. The van der Waals surface area contributed by atoms with Crippen molar-refractivity contribution in [2.75, 3.05) is 30.4 Å². The Morgan fingerprint density at radius 3 is 2.65 bits per heavy atom. The van der Waals surface area contributed by atoms with Gasteiger partial charge in [0.05, 0.1) is 11.2 Å². The SMILES string of the molecule is Cc1c(Cl)cc2c3c(c(=O)n(C)c2c1F)NC(=O)C1CN(C)C(C)CN31. The number of hydrogen-bond donors (Lipinski definition) is 1. The number of likely N-dealkylation sites (N-methyl/N-ethyl adjacent to an activating group) is 1. The van der Waals surface area contributed by atoms with Crippen LogP contribution in [0.1, 0.15) is 12.5 Å². The van der Waals surface area contributed by atoms with Crippen LogP contribution in [0.3, 0.4) is 0 Å². The lowest BCUT2D eigenvalue weighted by molar-refractivity contribution is -0.118. The number of anilines is 2. The lowest BCUT2D eigenvalue weighted by atomic mass is 9.99. The van der Waals surface area contributed by atoms with Crippen molar-refractivity contribution in [3.8, 4) is 0 Å². The Morgan fingerprint density at radius 2 is 1.96 bits per heavy atom. The van der Waals surface area contributed by atoms with E-state index in [-0.39, 0.29) is 23.2 Å². The zero-order chi connectivity index (χ0) is 18.9. The van der Waals surface area contributed by atoms with Gasteiger partial charge in [0.15, 0.2) is 5.82 Å². The van der Waals surface area contributed by atoms with Crippen molar-refractivity contribution in [2.24, 2.45) is 7.05 Å². The molecule has 2 atom stereocenters. The lowest BCUT2D eigenvalue weighted by Crippen LogP contribution is -2.62. The molecule has 0 radical (unpaired) electrons. The summed E-state index contributed by atoms with van der Waals surface area (Å²) >= 11 is 6.24. The quantitative estimate of drug-likeness (QED) is 0.762. The Kier molecular flexibility index (Phi) is 3.79. The predicted molar refractivity (Wildman–Crippen MR) is 101 cm³/mol. The third kappa shape index (κ3) is 2.20. The topological polar surface area (TPSA) is 57.6 Å². The monoisotopic (exact) mass is 378 g/mol. The molecule has 2 unspecified atom stereocenters. The van der Waals surface area contributed by atoms with E-state index in [1.165, 1.54) is 11.6 Å². The molecule has 138 valence electrons. The number of halogens is 2. The summed E-state index contributed by atoms with van der Waals surface area (Å²) in [5, 5.41) is 3.58. The van der Waals surface area contributed by atoms with Crippen LogP contribution in [-0.4, -0.2) is 47.6 Å². The van der Waals surface area contributed by atoms with Crippen molar-refractivity contribution in [1.82, 2.24) is 9.47 Å². The summed E-state index contributed by atoms with van der Waals surface area (Å²) in [6, 6.07) is 1.45. The molecular weight excluding hydrogens is 359 g/mol. The standard InChI is InChI=1S/C18H20ClFN4O2/c1-8-6-24-12(7-22(8)3)17(25)21-14-16(24)10-5-11(19)9(2)13(20)15(10)23(4)18(14)26/h5,8,12H,6-7H2,1-4H3,(H,21,25). The van der Waals surface area contributed by atoms with Crippen molar-refractivity contribution in [1.29, 1.82) is 0 Å². The number of aromatic nitrogens is 1. The van der Waals surface area contributed by atoms with Crippen molar-refractivity contribution >= 4 is 39.8 Å². The van der Waals surface area contributed by atoms with E-state index in [4.69, 9.17) is 11.6 Å². The number of carbonyl (C=O) groups excluding carboxylic acids is 1. The highest BCUT2D eigenvalue weighted by Gasteiger charge is 2.41. The summed E-state index contributed by atoms with van der Waals surface area (Å²) in [4.78, 5) is 29.5. The van der Waals surface area contributed by atoms with Crippen molar-refractivity contribution < 1.29 is 9.18 Å². The molecule has 4 rings (SSSR count). The van der Waals surface area contributed by atoms with E-state index in [1.807, 2.05) is 11.9 Å². The van der Waals surface area contributed by atoms with Gasteiger partial charge < -0.3 is 14.8 Å². The minimum Gasteiger partial charge on any atom is -0.354 e. The van der Waals surface area contributed by atoms with Gasteiger partial charge in [-0.2, -0.15) is 0 Å². The lowest BCUT2D eigenvalue weighted by Gasteiger charge is -2.47. The number of piperazine rings is 1. The van der Waals surface area contributed by atoms with Crippen molar-refractivity contribution in [3.63, 3.8) is 0 Å². The van der Waals surface area contributed by atoms with Gasteiger partial charge >= 0.3 is 0 Å². The molecule has 26 heavy (non-hydrogen) atoms. The minimum atomic E-state index is -0.509. The number of nitrogens with zero attached hydrogens (tertiary/aromatic N) is 3. The number of carbonyl (C=O) groups is 1. The molecule has 0 spiro atoms. The number of amides is 1. The number of rotatable bonds is 0. The fourth-order valence-corrected chi connectivity index (χ4v) is 4.10. The highest BCUT2D eigenvalue weighted by molar-refractivity contribution is 6.32. The van der Waals surface area contributed by atoms with Crippen molar-refractivity contribution in [2.45, 2.75) is 25.9 Å². The zero-order valence-corrected chi connectivity index (χ0v) is 15.8. The molecule has 1 aromatic heterocycles. The van der Waals surface area contributed by atoms with Crippen LogP contribution in [-0.2, 0) is 11.8 Å². The minimum absolute atomic E-state index is 0.190. The number of fused-ring (bicyclic) bond motifs is 5. The van der Waals surface area contributed by atoms with Crippen LogP contribution in [0.15, 0.2) is 10.9 Å². The molecule has 1 N–H and O–H groups in total. The third-order valence-corrected chi connectivity index (χ3v) is 6.05. The summed E-state index contributed by atoms with van der Waals surface area (Å²) in [6.07, 6.45) is 0. The molecule has 0 bridgehead atoms. The molecule has 8 heteroatoms. The molecule has 1 amide bonds. The second-order valence-corrected chi connectivity index (χ2v) is 7.63. The number of hydrogen-bond acceptors (Lipinski definition) is 4. The average Bonchev–Trinajstić information content (AvgIpc) is 2.59. The van der Waals surface area contributed by atoms with Gasteiger partial charge in [0.1, 0.15) is 11.7 Å². The fourth-order valence-electron chi connectivity index (χ4n) is 3.91. The van der Waals surface area contributed by atoms with Gasteiger partial charge in [-0.1, -0.05) is 11.6 Å². The van der Waals surface area contributed by atoms with Gasteiger partial charge in [-0.25, -0.2) is 4.39 Å². The first-order valence-corrected chi connectivity index (χ1v) is 8.89. The zero-order valence-electron chi connectivity index (χ0n) is 15.1. The fraction of sp³-hybridized carbons (Fsp3) is 0.444. The molecule has 0 aliphatic carbocycles. The van der Waals surface area contributed by atoms with Gasteiger partial charge in [-0.05, 0) is 27.0 Å². The number of nitrogens with one attached hydrogen (secondary N) is 1. The van der Waals surface area contributed by atoms with E-state index in [1.54, 1.807) is 13.0 Å². The third-order valence-electron chi connectivity index (χ3n) is 5.66. The maximum Gasteiger partial charge on any atom is 0.276 e. The van der Waals surface area contributed by atoms with Gasteiger partial charge in [0, 0.05) is 42.2 Å². The van der Waals surface area contributed by atoms with E-state index in [9.17, 15) is 14.0 Å². The summed E-state index contributed by atoms with van der Waals surface area (Å²) in [6.45, 7) is 4.75. The maximum atomic E-state index is 15.0. The van der Waals surface area contributed by atoms with E-state index in [0.29, 0.717) is 34.7 Å². The highest BCUT2D eigenvalue weighted by Crippen LogP contribution is 2.40. The smallest absolute Gasteiger partial charge is 0.276 e. The molecule has 0 saturated carbocycles. The normalized spacial score (nSPS) is 23.0. The Balaban J connectivity index is 2.10. The first-order chi connectivity index (χ1) is 12.2. The molecule has 3 heterocycles. The van der Waals surface area contributed by atoms with Crippen LogP contribution in [0, 0.1) is 12.7 Å². The second-order valence-electron chi connectivity index (χ2n) is 7.23. The van der Waals surface area contributed by atoms with Crippen LogP contribution in [0.4, 0.5) is 15.8 Å². The summed E-state index contributed by atoms with van der Waals surface area (Å²) in [5.41, 5.74) is 0.840. The Labute approximate surface area is 155 Å². The van der Waals surface area contributed by atoms with Crippen molar-refractivity contribution in [3.05, 3.63) is 32.8 Å². The van der Waals surface area contributed by atoms with Crippen LogP contribution >= 0.6 is 11.6 Å². The van der Waals surface area contributed by atoms with Crippen LogP contribution in [0.2, 0.25) is 5.02 Å². The Bertz CT molecular complexity index is 1020. The number of aryl methyl sites for hydroxylation is 1.